The molecule has 1 atom stereocenters. The highest BCUT2D eigenvalue weighted by Crippen LogP contribution is 2.23. The zero-order valence-electron chi connectivity index (χ0n) is 10.7. The number of hydrogen-bond donors (Lipinski definition) is 2. The summed E-state index contributed by atoms with van der Waals surface area (Å²) in [5.41, 5.74) is 1.01. The zero-order chi connectivity index (χ0) is 13.8. The van der Waals surface area contributed by atoms with Gasteiger partial charge in [0.15, 0.2) is 0 Å². The lowest BCUT2D eigenvalue weighted by atomic mass is 9.96. The third-order valence-corrected chi connectivity index (χ3v) is 3.06. The van der Waals surface area contributed by atoms with Gasteiger partial charge in [0.25, 0.3) is 5.91 Å². The van der Waals surface area contributed by atoms with Gasteiger partial charge in [-0.1, -0.05) is 37.6 Å². The third-order valence-electron chi connectivity index (χ3n) is 2.81. The van der Waals surface area contributed by atoms with Crippen molar-refractivity contribution < 1.29 is 4.79 Å². The Labute approximate surface area is 116 Å². The van der Waals surface area contributed by atoms with E-state index in [9.17, 15) is 4.79 Å². The normalized spacial score (nSPS) is 12.4. The zero-order valence-corrected chi connectivity index (χ0v) is 11.5. The number of rotatable bonds is 4. The molecule has 2 N–H and O–H groups in total. The molecule has 0 aliphatic rings. The Kier molecular flexibility index (Phi) is 4.16. The number of amides is 1. The smallest absolute Gasteiger partial charge is 0.289 e. The molecule has 0 aliphatic heterocycles. The van der Waals surface area contributed by atoms with Crippen molar-refractivity contribution in [1.82, 2.24) is 20.5 Å². The van der Waals surface area contributed by atoms with Crippen molar-refractivity contribution in [1.29, 1.82) is 0 Å². The van der Waals surface area contributed by atoms with Crippen LogP contribution in [-0.2, 0) is 0 Å². The fourth-order valence-corrected chi connectivity index (χ4v) is 1.96. The highest BCUT2D eigenvalue weighted by molar-refractivity contribution is 6.30. The lowest BCUT2D eigenvalue weighted by molar-refractivity contribution is 0.0915. The van der Waals surface area contributed by atoms with Crippen LogP contribution < -0.4 is 5.32 Å². The van der Waals surface area contributed by atoms with Gasteiger partial charge in [0.05, 0.1) is 6.04 Å². The van der Waals surface area contributed by atoms with Gasteiger partial charge >= 0.3 is 0 Å². The molecule has 0 saturated carbocycles. The molecule has 6 heteroatoms. The first kappa shape index (κ1) is 13.5. The summed E-state index contributed by atoms with van der Waals surface area (Å²) in [5.74, 6) is 0.179. The maximum Gasteiger partial charge on any atom is 0.289 e. The molecular weight excluding hydrogens is 264 g/mol. The number of hydrogen-bond acceptors (Lipinski definition) is 3. The number of halogens is 1. The van der Waals surface area contributed by atoms with Gasteiger partial charge in [0, 0.05) is 5.02 Å². The highest BCUT2D eigenvalue weighted by atomic mass is 35.5. The molecule has 2 aromatic rings. The van der Waals surface area contributed by atoms with Crippen LogP contribution in [0.25, 0.3) is 0 Å². The van der Waals surface area contributed by atoms with Gasteiger partial charge in [0.2, 0.25) is 5.82 Å². The van der Waals surface area contributed by atoms with E-state index in [0.717, 1.165) is 5.56 Å². The molecule has 19 heavy (non-hydrogen) atoms. The highest BCUT2D eigenvalue weighted by Gasteiger charge is 2.20. The van der Waals surface area contributed by atoms with Crippen molar-refractivity contribution >= 4 is 17.5 Å². The molecule has 0 fully saturated rings. The number of carbonyl (C=O) groups excluding carboxylic acids is 1. The van der Waals surface area contributed by atoms with E-state index in [4.69, 9.17) is 11.6 Å². The monoisotopic (exact) mass is 278 g/mol. The molecule has 0 spiro atoms. The number of nitrogens with one attached hydrogen (secondary N) is 2. The minimum absolute atomic E-state index is 0.102. The Morgan fingerprint density at radius 1 is 1.32 bits per heavy atom. The number of H-pyrrole nitrogens is 1. The van der Waals surface area contributed by atoms with Crippen LogP contribution in [0.3, 0.4) is 0 Å². The summed E-state index contributed by atoms with van der Waals surface area (Å²) in [6, 6.07) is 7.34. The maximum atomic E-state index is 12.0. The lowest BCUT2D eigenvalue weighted by Gasteiger charge is -2.22. The molecule has 100 valence electrons. The maximum absolute atomic E-state index is 12.0. The van der Waals surface area contributed by atoms with Gasteiger partial charge in [-0.3, -0.25) is 9.89 Å². The van der Waals surface area contributed by atoms with E-state index in [2.05, 4.69) is 20.5 Å². The van der Waals surface area contributed by atoms with Crippen molar-refractivity contribution in [3.8, 4) is 0 Å². The second-order valence-electron chi connectivity index (χ2n) is 4.58. The van der Waals surface area contributed by atoms with Crippen LogP contribution in [0.5, 0.6) is 0 Å². The third kappa shape index (κ3) is 3.32. The van der Waals surface area contributed by atoms with Gasteiger partial charge in [-0.15, -0.1) is 0 Å². The Bertz CT molecular complexity index is 536. The predicted octanol–water partition coefficient (Wildman–Crippen LogP) is 2.59. The summed E-state index contributed by atoms with van der Waals surface area (Å²) in [5, 5.41) is 9.83. The van der Waals surface area contributed by atoms with Crippen LogP contribution in [0.4, 0.5) is 0 Å². The lowest BCUT2D eigenvalue weighted by Crippen LogP contribution is -2.32. The van der Waals surface area contributed by atoms with Crippen molar-refractivity contribution in [3.63, 3.8) is 0 Å². The Hall–Kier alpha value is -1.88. The number of aromatic amines is 1. The van der Waals surface area contributed by atoms with Crippen LogP contribution in [0, 0.1) is 5.92 Å². The summed E-state index contributed by atoms with van der Waals surface area (Å²) in [6.07, 6.45) is 1.31. The van der Waals surface area contributed by atoms with Crippen LogP contribution in [0.15, 0.2) is 30.6 Å². The number of benzene rings is 1. The molecule has 1 amide bonds. The molecule has 0 radical (unpaired) electrons. The quantitative estimate of drug-likeness (QED) is 0.903. The van der Waals surface area contributed by atoms with Gasteiger partial charge in [-0.05, 0) is 23.6 Å². The van der Waals surface area contributed by atoms with E-state index in [-0.39, 0.29) is 23.7 Å². The summed E-state index contributed by atoms with van der Waals surface area (Å²) in [4.78, 5) is 15.8. The van der Waals surface area contributed by atoms with E-state index < -0.39 is 0 Å². The van der Waals surface area contributed by atoms with E-state index in [1.54, 1.807) is 0 Å². The molecule has 0 bridgehead atoms. The molecule has 5 nitrogen and oxygen atoms in total. The molecule has 1 heterocycles. The van der Waals surface area contributed by atoms with Gasteiger partial charge in [0.1, 0.15) is 6.33 Å². The van der Waals surface area contributed by atoms with Crippen LogP contribution in [0.1, 0.15) is 36.1 Å². The summed E-state index contributed by atoms with van der Waals surface area (Å²) >= 11 is 5.87. The SMILES string of the molecule is CC(C)C(NC(=O)c1ncn[nH]1)c1ccc(Cl)cc1. The number of aromatic nitrogens is 3. The second-order valence-corrected chi connectivity index (χ2v) is 5.02. The fourth-order valence-electron chi connectivity index (χ4n) is 1.83. The van der Waals surface area contributed by atoms with Crippen molar-refractivity contribution in [2.45, 2.75) is 19.9 Å². The Morgan fingerprint density at radius 2 is 2.00 bits per heavy atom. The first-order chi connectivity index (χ1) is 9.08. The van der Waals surface area contributed by atoms with E-state index in [1.165, 1.54) is 6.33 Å². The van der Waals surface area contributed by atoms with Crippen molar-refractivity contribution in [3.05, 3.63) is 47.0 Å². The van der Waals surface area contributed by atoms with E-state index in [0.29, 0.717) is 5.02 Å². The average Bonchev–Trinajstić information content (AvgIpc) is 2.90. The fraction of sp³-hybridized carbons (Fsp3) is 0.308. The Morgan fingerprint density at radius 3 is 2.53 bits per heavy atom. The van der Waals surface area contributed by atoms with E-state index in [1.807, 2.05) is 38.1 Å². The molecule has 1 aromatic carbocycles. The minimum atomic E-state index is -0.272. The van der Waals surface area contributed by atoms with Crippen LogP contribution >= 0.6 is 11.6 Å². The average molecular weight is 279 g/mol. The van der Waals surface area contributed by atoms with E-state index >= 15 is 0 Å². The molecule has 0 saturated heterocycles. The molecule has 1 unspecified atom stereocenters. The molecule has 1 aromatic heterocycles. The van der Waals surface area contributed by atoms with Crippen LogP contribution in [0.2, 0.25) is 5.02 Å². The van der Waals surface area contributed by atoms with Gasteiger partial charge in [-0.25, -0.2) is 4.98 Å². The topological polar surface area (TPSA) is 70.7 Å². The molecule has 2 rings (SSSR count). The standard InChI is InChI=1S/C13H15ClN4O/c1-8(2)11(9-3-5-10(14)6-4-9)17-13(19)12-15-7-16-18-12/h3-8,11H,1-2H3,(H,17,19)(H,15,16,18). The number of nitrogens with zero attached hydrogens (tertiary/aromatic N) is 2. The summed E-state index contributed by atoms with van der Waals surface area (Å²) in [7, 11) is 0. The Balaban J connectivity index is 2.17. The summed E-state index contributed by atoms with van der Waals surface area (Å²) < 4.78 is 0. The van der Waals surface area contributed by atoms with Crippen molar-refractivity contribution in [2.75, 3.05) is 0 Å². The van der Waals surface area contributed by atoms with Gasteiger partial charge < -0.3 is 5.32 Å². The van der Waals surface area contributed by atoms with Crippen molar-refractivity contribution in [2.24, 2.45) is 5.92 Å². The number of carbonyl (C=O) groups is 1. The minimum Gasteiger partial charge on any atom is -0.342 e. The molecular formula is C13H15ClN4O. The first-order valence-corrected chi connectivity index (χ1v) is 6.37. The van der Waals surface area contributed by atoms with Crippen LogP contribution in [-0.4, -0.2) is 21.1 Å². The van der Waals surface area contributed by atoms with Gasteiger partial charge in [-0.2, -0.15) is 5.10 Å². The predicted molar refractivity (Wildman–Crippen MR) is 72.9 cm³/mol. The summed E-state index contributed by atoms with van der Waals surface area (Å²) in [6.45, 7) is 4.08. The second kappa shape index (κ2) is 5.84. The first-order valence-electron chi connectivity index (χ1n) is 5.99. The largest absolute Gasteiger partial charge is 0.342 e. The molecule has 0 aliphatic carbocycles.